The number of hydrogen-bond donors (Lipinski definition) is 0. The van der Waals surface area contributed by atoms with Gasteiger partial charge in [0.05, 0.1) is 0 Å². The van der Waals surface area contributed by atoms with E-state index < -0.39 is 0 Å². The van der Waals surface area contributed by atoms with Gasteiger partial charge in [0.25, 0.3) is 0 Å². The summed E-state index contributed by atoms with van der Waals surface area (Å²) in [5.41, 5.74) is 0. The Labute approximate surface area is 89.5 Å². The van der Waals surface area contributed by atoms with Crippen molar-refractivity contribution in [3.8, 4) is 0 Å². The van der Waals surface area contributed by atoms with E-state index in [0.717, 1.165) is 23.7 Å². The lowest BCUT2D eigenvalue weighted by Crippen LogP contribution is -2.03. The molecule has 0 amide bonds. The van der Waals surface area contributed by atoms with Gasteiger partial charge in [-0.3, -0.25) is 0 Å². The van der Waals surface area contributed by atoms with Crippen molar-refractivity contribution in [1.29, 1.82) is 0 Å². The van der Waals surface area contributed by atoms with Gasteiger partial charge in [-0.05, 0) is 30.1 Å². The number of fused-ring (bicyclic) bond motifs is 1. The van der Waals surface area contributed by atoms with E-state index in [1.54, 1.807) is 19.3 Å². The molecule has 0 saturated heterocycles. The maximum absolute atomic E-state index is 2.49. The standard InChI is InChI=1S/C14H26/c1-3-4-5-8-12-9-6-7-11(2)13-10-14(12)13/h11-14H,3-10H2,1-2H3. The number of rotatable bonds is 4. The topological polar surface area (TPSA) is 0 Å². The van der Waals surface area contributed by atoms with Crippen molar-refractivity contribution in [2.45, 2.75) is 65.2 Å². The van der Waals surface area contributed by atoms with Gasteiger partial charge in [-0.25, -0.2) is 0 Å². The van der Waals surface area contributed by atoms with E-state index >= 15 is 0 Å². The Hall–Kier alpha value is 0. The summed E-state index contributed by atoms with van der Waals surface area (Å²) in [6, 6.07) is 0. The SMILES string of the molecule is CCCCCC1CCCC(C)C2CC12. The van der Waals surface area contributed by atoms with Crippen LogP contribution in [-0.4, -0.2) is 0 Å². The Morgan fingerprint density at radius 2 is 1.93 bits per heavy atom. The van der Waals surface area contributed by atoms with Crippen molar-refractivity contribution in [3.63, 3.8) is 0 Å². The predicted octanol–water partition coefficient (Wildman–Crippen LogP) is 4.64. The van der Waals surface area contributed by atoms with Crippen LogP contribution in [0.15, 0.2) is 0 Å². The van der Waals surface area contributed by atoms with E-state index in [-0.39, 0.29) is 0 Å². The van der Waals surface area contributed by atoms with Crippen LogP contribution in [0.4, 0.5) is 0 Å². The molecule has 2 saturated carbocycles. The second-order valence-electron chi connectivity index (χ2n) is 5.73. The minimum Gasteiger partial charge on any atom is -0.0654 e. The van der Waals surface area contributed by atoms with Gasteiger partial charge in [0.15, 0.2) is 0 Å². The maximum atomic E-state index is 2.49. The summed E-state index contributed by atoms with van der Waals surface area (Å²) in [6.07, 6.45) is 12.1. The van der Waals surface area contributed by atoms with Gasteiger partial charge in [0.1, 0.15) is 0 Å². The van der Waals surface area contributed by atoms with Crippen LogP contribution in [0, 0.1) is 23.7 Å². The summed E-state index contributed by atoms with van der Waals surface area (Å²) in [5.74, 6) is 4.47. The van der Waals surface area contributed by atoms with Crippen molar-refractivity contribution in [3.05, 3.63) is 0 Å². The molecule has 0 N–H and O–H groups in total. The van der Waals surface area contributed by atoms with E-state index in [0.29, 0.717) is 0 Å². The average Bonchev–Trinajstić information content (AvgIpc) is 2.94. The molecule has 0 aliphatic heterocycles. The van der Waals surface area contributed by atoms with E-state index in [4.69, 9.17) is 0 Å². The summed E-state index contributed by atoms with van der Waals surface area (Å²) in [4.78, 5) is 0. The first-order valence-corrected chi connectivity index (χ1v) is 6.83. The Morgan fingerprint density at radius 3 is 2.71 bits per heavy atom. The van der Waals surface area contributed by atoms with Crippen LogP contribution >= 0.6 is 0 Å². The predicted molar refractivity (Wildman–Crippen MR) is 62.2 cm³/mol. The molecule has 0 bridgehead atoms. The monoisotopic (exact) mass is 194 g/mol. The summed E-state index contributed by atoms with van der Waals surface area (Å²) in [5, 5.41) is 0. The highest BCUT2D eigenvalue weighted by Gasteiger charge is 2.46. The largest absolute Gasteiger partial charge is 0.0654 e. The fourth-order valence-electron chi connectivity index (χ4n) is 3.58. The molecule has 2 aliphatic carbocycles. The quantitative estimate of drug-likeness (QED) is 0.572. The third-order valence-electron chi connectivity index (χ3n) is 4.64. The second-order valence-corrected chi connectivity index (χ2v) is 5.73. The zero-order valence-electron chi connectivity index (χ0n) is 9.97. The summed E-state index contributed by atoms with van der Waals surface area (Å²) in [6.45, 7) is 4.80. The van der Waals surface area contributed by atoms with Gasteiger partial charge >= 0.3 is 0 Å². The van der Waals surface area contributed by atoms with Crippen LogP contribution in [0.3, 0.4) is 0 Å². The normalized spacial score (nSPS) is 41.6. The Kier molecular flexibility index (Phi) is 3.52. The molecule has 2 rings (SSSR count). The summed E-state index contributed by atoms with van der Waals surface area (Å²) >= 11 is 0. The molecule has 14 heavy (non-hydrogen) atoms. The fourth-order valence-corrected chi connectivity index (χ4v) is 3.58. The fraction of sp³-hybridized carbons (Fsp3) is 1.00. The average molecular weight is 194 g/mol. The van der Waals surface area contributed by atoms with Crippen LogP contribution in [0.5, 0.6) is 0 Å². The highest BCUT2D eigenvalue weighted by molar-refractivity contribution is 4.95. The Balaban J connectivity index is 1.76. The first-order chi connectivity index (χ1) is 6.83. The van der Waals surface area contributed by atoms with Crippen LogP contribution in [0.25, 0.3) is 0 Å². The molecule has 0 radical (unpaired) electrons. The molecule has 0 aromatic heterocycles. The molecule has 0 nitrogen and oxygen atoms in total. The van der Waals surface area contributed by atoms with Crippen molar-refractivity contribution in [1.82, 2.24) is 0 Å². The lowest BCUT2D eigenvalue weighted by Gasteiger charge is -2.14. The Morgan fingerprint density at radius 1 is 1.07 bits per heavy atom. The van der Waals surface area contributed by atoms with Crippen molar-refractivity contribution in [2.75, 3.05) is 0 Å². The van der Waals surface area contributed by atoms with Crippen molar-refractivity contribution < 1.29 is 0 Å². The molecule has 4 unspecified atom stereocenters. The lowest BCUT2D eigenvalue weighted by molar-refractivity contribution is 0.373. The second kappa shape index (κ2) is 4.68. The summed E-state index contributed by atoms with van der Waals surface area (Å²) < 4.78 is 0. The van der Waals surface area contributed by atoms with E-state index in [1.165, 1.54) is 32.1 Å². The molecular weight excluding hydrogens is 168 g/mol. The van der Waals surface area contributed by atoms with Gasteiger partial charge in [-0.1, -0.05) is 58.8 Å². The molecule has 0 spiro atoms. The third kappa shape index (κ3) is 2.32. The van der Waals surface area contributed by atoms with Crippen molar-refractivity contribution in [2.24, 2.45) is 23.7 Å². The number of hydrogen-bond acceptors (Lipinski definition) is 0. The van der Waals surface area contributed by atoms with E-state index in [2.05, 4.69) is 13.8 Å². The first kappa shape index (κ1) is 10.5. The highest BCUT2D eigenvalue weighted by atomic mass is 14.5. The van der Waals surface area contributed by atoms with Gasteiger partial charge in [0.2, 0.25) is 0 Å². The van der Waals surface area contributed by atoms with E-state index in [1.807, 2.05) is 0 Å². The van der Waals surface area contributed by atoms with Crippen LogP contribution in [0.2, 0.25) is 0 Å². The molecule has 82 valence electrons. The minimum atomic E-state index is 1.05. The smallest absolute Gasteiger partial charge is 0.0352 e. The summed E-state index contributed by atoms with van der Waals surface area (Å²) in [7, 11) is 0. The maximum Gasteiger partial charge on any atom is -0.0352 e. The zero-order chi connectivity index (χ0) is 9.97. The molecule has 0 aromatic carbocycles. The molecule has 4 atom stereocenters. The highest BCUT2D eigenvalue weighted by Crippen LogP contribution is 2.55. The molecule has 2 aliphatic rings. The third-order valence-corrected chi connectivity index (χ3v) is 4.64. The van der Waals surface area contributed by atoms with Crippen LogP contribution in [-0.2, 0) is 0 Å². The molecular formula is C14H26. The number of unbranched alkanes of at least 4 members (excludes halogenated alkanes) is 2. The van der Waals surface area contributed by atoms with Crippen LogP contribution < -0.4 is 0 Å². The molecule has 0 heterocycles. The van der Waals surface area contributed by atoms with E-state index in [9.17, 15) is 0 Å². The Bertz CT molecular complexity index is 173. The molecule has 0 heteroatoms. The molecule has 2 fully saturated rings. The van der Waals surface area contributed by atoms with Gasteiger partial charge in [-0.15, -0.1) is 0 Å². The van der Waals surface area contributed by atoms with Crippen molar-refractivity contribution >= 4 is 0 Å². The lowest BCUT2D eigenvalue weighted by atomic mass is 9.92. The van der Waals surface area contributed by atoms with Gasteiger partial charge in [-0.2, -0.15) is 0 Å². The van der Waals surface area contributed by atoms with Crippen LogP contribution in [0.1, 0.15) is 65.2 Å². The first-order valence-electron chi connectivity index (χ1n) is 6.83. The van der Waals surface area contributed by atoms with Gasteiger partial charge < -0.3 is 0 Å². The molecule has 0 aromatic rings. The van der Waals surface area contributed by atoms with Gasteiger partial charge in [0, 0.05) is 0 Å². The zero-order valence-corrected chi connectivity index (χ0v) is 9.97. The minimum absolute atomic E-state index is 1.05.